The number of rotatable bonds is 9. The second-order valence-corrected chi connectivity index (χ2v) is 8.32. The van der Waals surface area contributed by atoms with Gasteiger partial charge in [0.25, 0.3) is 5.91 Å². The molecule has 144 valence electrons. The van der Waals surface area contributed by atoms with Gasteiger partial charge in [-0.1, -0.05) is 43.3 Å². The highest BCUT2D eigenvalue weighted by Gasteiger charge is 2.23. The van der Waals surface area contributed by atoms with E-state index in [1.807, 2.05) is 13.8 Å². The molecule has 0 aliphatic heterocycles. The Balaban J connectivity index is 2.17. The van der Waals surface area contributed by atoms with Crippen LogP contribution in [0.3, 0.4) is 0 Å². The lowest BCUT2D eigenvalue weighted by molar-refractivity contribution is 0.0939. The standard InChI is InChI=1S/C21H26N2O3S/c1-4-15-23(27(25,26)20-9-7-6-8-10-20)16-18-11-13-19(14-12-18)21(24)22-17(3)5-2/h4,6-14,17H,1,5,15-16H2,2-3H3,(H,22,24). The number of hydrogen-bond donors (Lipinski definition) is 1. The van der Waals surface area contributed by atoms with Gasteiger partial charge < -0.3 is 5.32 Å². The van der Waals surface area contributed by atoms with Gasteiger partial charge in [0, 0.05) is 24.7 Å². The first-order valence-electron chi connectivity index (χ1n) is 8.94. The van der Waals surface area contributed by atoms with Crippen LogP contribution in [0.2, 0.25) is 0 Å². The molecular weight excluding hydrogens is 360 g/mol. The van der Waals surface area contributed by atoms with Crippen molar-refractivity contribution in [1.29, 1.82) is 0 Å². The topological polar surface area (TPSA) is 66.5 Å². The molecule has 0 aliphatic carbocycles. The summed E-state index contributed by atoms with van der Waals surface area (Å²) in [7, 11) is -3.62. The molecular formula is C21H26N2O3S. The van der Waals surface area contributed by atoms with Gasteiger partial charge in [-0.15, -0.1) is 6.58 Å². The van der Waals surface area contributed by atoms with Crippen LogP contribution < -0.4 is 5.32 Å². The molecule has 0 saturated heterocycles. The van der Waals surface area contributed by atoms with Gasteiger partial charge >= 0.3 is 0 Å². The Hall–Kier alpha value is -2.44. The van der Waals surface area contributed by atoms with Crippen molar-refractivity contribution in [3.63, 3.8) is 0 Å². The maximum absolute atomic E-state index is 12.9. The number of nitrogens with zero attached hydrogens (tertiary/aromatic N) is 1. The number of carbonyl (C=O) groups excluding carboxylic acids is 1. The van der Waals surface area contributed by atoms with Crippen LogP contribution in [-0.4, -0.2) is 31.2 Å². The second-order valence-electron chi connectivity index (χ2n) is 6.38. The van der Waals surface area contributed by atoms with Gasteiger partial charge in [-0.2, -0.15) is 4.31 Å². The molecule has 27 heavy (non-hydrogen) atoms. The Bertz CT molecular complexity index is 862. The summed E-state index contributed by atoms with van der Waals surface area (Å²) in [6, 6.07) is 15.4. The zero-order chi connectivity index (χ0) is 19.9. The average Bonchev–Trinajstić information content (AvgIpc) is 2.68. The molecule has 0 fully saturated rings. The third-order valence-electron chi connectivity index (χ3n) is 4.28. The van der Waals surface area contributed by atoms with Crippen molar-refractivity contribution in [3.8, 4) is 0 Å². The molecule has 0 aliphatic rings. The Kier molecular flexibility index (Phi) is 7.33. The minimum absolute atomic E-state index is 0.108. The molecule has 0 bridgehead atoms. The molecule has 2 aromatic carbocycles. The molecule has 1 unspecified atom stereocenters. The summed E-state index contributed by atoms with van der Waals surface area (Å²) in [4.78, 5) is 12.4. The van der Waals surface area contributed by atoms with E-state index in [-0.39, 0.29) is 29.9 Å². The van der Waals surface area contributed by atoms with E-state index in [0.717, 1.165) is 12.0 Å². The number of carbonyl (C=O) groups is 1. The van der Waals surface area contributed by atoms with E-state index in [9.17, 15) is 13.2 Å². The van der Waals surface area contributed by atoms with Crippen molar-refractivity contribution in [1.82, 2.24) is 9.62 Å². The van der Waals surface area contributed by atoms with Crippen molar-refractivity contribution in [3.05, 3.63) is 78.4 Å². The Morgan fingerprint density at radius 3 is 2.33 bits per heavy atom. The molecule has 0 radical (unpaired) electrons. The number of benzene rings is 2. The van der Waals surface area contributed by atoms with Crippen LogP contribution in [0.25, 0.3) is 0 Å². The van der Waals surface area contributed by atoms with Gasteiger partial charge in [-0.05, 0) is 43.2 Å². The quantitative estimate of drug-likeness (QED) is 0.670. The summed E-state index contributed by atoms with van der Waals surface area (Å²) in [6.45, 7) is 8.03. The predicted molar refractivity (Wildman–Crippen MR) is 108 cm³/mol. The second kappa shape index (κ2) is 9.48. The van der Waals surface area contributed by atoms with Crippen molar-refractivity contribution >= 4 is 15.9 Å². The van der Waals surface area contributed by atoms with Crippen molar-refractivity contribution in [2.45, 2.75) is 37.8 Å². The molecule has 0 spiro atoms. The minimum atomic E-state index is -3.62. The molecule has 1 N–H and O–H groups in total. The Morgan fingerprint density at radius 1 is 1.15 bits per heavy atom. The first-order valence-corrected chi connectivity index (χ1v) is 10.4. The Labute approximate surface area is 161 Å². The van der Waals surface area contributed by atoms with Gasteiger partial charge in [-0.25, -0.2) is 8.42 Å². The average molecular weight is 387 g/mol. The lowest BCUT2D eigenvalue weighted by Crippen LogP contribution is -2.32. The highest BCUT2D eigenvalue weighted by molar-refractivity contribution is 7.89. The van der Waals surface area contributed by atoms with Crippen molar-refractivity contribution < 1.29 is 13.2 Å². The normalized spacial score (nSPS) is 12.6. The molecule has 1 amide bonds. The fourth-order valence-corrected chi connectivity index (χ4v) is 3.93. The van der Waals surface area contributed by atoms with Crippen molar-refractivity contribution in [2.24, 2.45) is 0 Å². The van der Waals surface area contributed by atoms with Crippen LogP contribution >= 0.6 is 0 Å². The van der Waals surface area contributed by atoms with E-state index < -0.39 is 10.0 Å². The van der Waals surface area contributed by atoms with Crippen LogP contribution in [0.1, 0.15) is 36.2 Å². The fraction of sp³-hybridized carbons (Fsp3) is 0.286. The number of sulfonamides is 1. The highest BCUT2D eigenvalue weighted by atomic mass is 32.2. The van der Waals surface area contributed by atoms with Crippen LogP contribution in [-0.2, 0) is 16.6 Å². The SMILES string of the molecule is C=CCN(Cc1ccc(C(=O)NC(C)CC)cc1)S(=O)(=O)c1ccccc1. The summed E-state index contributed by atoms with van der Waals surface area (Å²) in [5.41, 5.74) is 1.36. The van der Waals surface area contributed by atoms with E-state index in [1.165, 1.54) is 4.31 Å². The highest BCUT2D eigenvalue weighted by Crippen LogP contribution is 2.18. The summed E-state index contributed by atoms with van der Waals surface area (Å²) < 4.78 is 27.1. The molecule has 1 atom stereocenters. The first-order chi connectivity index (χ1) is 12.9. The van der Waals surface area contributed by atoms with Crippen molar-refractivity contribution in [2.75, 3.05) is 6.54 Å². The largest absolute Gasteiger partial charge is 0.350 e. The van der Waals surface area contributed by atoms with Crippen LogP contribution in [0.15, 0.2) is 72.1 Å². The zero-order valence-corrected chi connectivity index (χ0v) is 16.6. The summed E-state index contributed by atoms with van der Waals surface area (Å²) in [5, 5.41) is 2.91. The first kappa shape index (κ1) is 20.9. The minimum Gasteiger partial charge on any atom is -0.350 e. The summed E-state index contributed by atoms with van der Waals surface area (Å²) in [5.74, 6) is -0.129. The zero-order valence-electron chi connectivity index (χ0n) is 15.8. The molecule has 2 rings (SSSR count). The smallest absolute Gasteiger partial charge is 0.251 e. The van der Waals surface area contributed by atoms with Gasteiger partial charge in [0.1, 0.15) is 0 Å². The van der Waals surface area contributed by atoms with E-state index in [1.54, 1.807) is 60.7 Å². The van der Waals surface area contributed by atoms with E-state index in [0.29, 0.717) is 5.56 Å². The number of amides is 1. The van der Waals surface area contributed by atoms with Crippen LogP contribution in [0, 0.1) is 0 Å². The Morgan fingerprint density at radius 2 is 1.78 bits per heavy atom. The molecule has 0 saturated carbocycles. The molecule has 6 heteroatoms. The predicted octanol–water partition coefficient (Wildman–Crippen LogP) is 3.59. The third-order valence-corrected chi connectivity index (χ3v) is 6.10. The molecule has 5 nitrogen and oxygen atoms in total. The number of hydrogen-bond acceptors (Lipinski definition) is 3. The lowest BCUT2D eigenvalue weighted by atomic mass is 10.1. The molecule has 0 heterocycles. The van der Waals surface area contributed by atoms with Gasteiger partial charge in [-0.3, -0.25) is 4.79 Å². The van der Waals surface area contributed by atoms with E-state index in [4.69, 9.17) is 0 Å². The maximum Gasteiger partial charge on any atom is 0.251 e. The summed E-state index contributed by atoms with van der Waals surface area (Å²) in [6.07, 6.45) is 2.42. The lowest BCUT2D eigenvalue weighted by Gasteiger charge is -2.21. The summed E-state index contributed by atoms with van der Waals surface area (Å²) >= 11 is 0. The van der Waals surface area contributed by atoms with Crippen LogP contribution in [0.4, 0.5) is 0 Å². The molecule has 2 aromatic rings. The van der Waals surface area contributed by atoms with Gasteiger partial charge in [0.15, 0.2) is 0 Å². The molecule has 0 aromatic heterocycles. The third kappa shape index (κ3) is 5.52. The maximum atomic E-state index is 12.9. The van der Waals surface area contributed by atoms with Crippen LogP contribution in [0.5, 0.6) is 0 Å². The monoisotopic (exact) mass is 386 g/mol. The van der Waals surface area contributed by atoms with Gasteiger partial charge in [0.05, 0.1) is 4.90 Å². The number of nitrogens with one attached hydrogen (secondary N) is 1. The van der Waals surface area contributed by atoms with E-state index >= 15 is 0 Å². The fourth-order valence-electron chi connectivity index (χ4n) is 2.51. The van der Waals surface area contributed by atoms with Gasteiger partial charge in [0.2, 0.25) is 10.0 Å². The van der Waals surface area contributed by atoms with E-state index in [2.05, 4.69) is 11.9 Å².